The molecule has 104 valence electrons. The number of carbonyl (C=O) groups is 1. The number of hydrogen-bond donors (Lipinski definition) is 2. The van der Waals surface area contributed by atoms with Crippen LogP contribution in [0.5, 0.6) is 11.5 Å². The van der Waals surface area contributed by atoms with E-state index in [2.05, 4.69) is 13.8 Å². The van der Waals surface area contributed by atoms with Gasteiger partial charge in [0.2, 0.25) is 0 Å². The summed E-state index contributed by atoms with van der Waals surface area (Å²) in [6.45, 7) is 5.77. The molecule has 1 heterocycles. The highest BCUT2D eigenvalue weighted by atomic mass is 16.3. The molecule has 0 aliphatic carbocycles. The second-order valence-corrected chi connectivity index (χ2v) is 5.63. The molecule has 0 bridgehead atoms. The van der Waals surface area contributed by atoms with Gasteiger partial charge in [-0.3, -0.25) is 4.79 Å². The summed E-state index contributed by atoms with van der Waals surface area (Å²) in [5.74, 6) is -0.601. The van der Waals surface area contributed by atoms with Crippen molar-refractivity contribution in [3.05, 3.63) is 23.8 Å². The maximum atomic E-state index is 12.3. The highest BCUT2D eigenvalue weighted by Gasteiger charge is 2.32. The van der Waals surface area contributed by atoms with Crippen LogP contribution in [0.15, 0.2) is 18.2 Å². The standard InChI is InChI=1S/C15H21NO3/c1-3-15(2)7-9-16(10-8-15)14(19)13-11(17)5-4-6-12(13)18/h4-6,17-18H,3,7-10H2,1-2H3. The Morgan fingerprint density at radius 3 is 2.26 bits per heavy atom. The zero-order chi connectivity index (χ0) is 14.0. The van der Waals surface area contributed by atoms with Crippen LogP contribution in [0.25, 0.3) is 0 Å². The minimum absolute atomic E-state index is 0.0163. The lowest BCUT2D eigenvalue weighted by Gasteiger charge is -2.39. The van der Waals surface area contributed by atoms with Gasteiger partial charge in [-0.1, -0.05) is 26.3 Å². The van der Waals surface area contributed by atoms with E-state index in [1.165, 1.54) is 18.2 Å². The Labute approximate surface area is 113 Å². The first kappa shape index (κ1) is 13.7. The van der Waals surface area contributed by atoms with Gasteiger partial charge in [0.15, 0.2) is 0 Å². The number of benzene rings is 1. The fourth-order valence-corrected chi connectivity index (χ4v) is 2.51. The zero-order valence-electron chi connectivity index (χ0n) is 11.5. The monoisotopic (exact) mass is 263 g/mol. The molecule has 0 spiro atoms. The van der Waals surface area contributed by atoms with E-state index in [-0.39, 0.29) is 23.0 Å². The van der Waals surface area contributed by atoms with Crippen molar-refractivity contribution in [2.45, 2.75) is 33.1 Å². The Bertz CT molecular complexity index is 456. The molecule has 1 aromatic carbocycles. The van der Waals surface area contributed by atoms with E-state index in [4.69, 9.17) is 0 Å². The molecule has 4 nitrogen and oxygen atoms in total. The number of piperidine rings is 1. The maximum absolute atomic E-state index is 12.3. The molecule has 19 heavy (non-hydrogen) atoms. The molecule has 1 fully saturated rings. The number of carbonyl (C=O) groups excluding carboxylic acids is 1. The first-order valence-corrected chi connectivity index (χ1v) is 6.77. The van der Waals surface area contributed by atoms with Crippen LogP contribution in [-0.2, 0) is 0 Å². The van der Waals surface area contributed by atoms with Crippen LogP contribution in [0.1, 0.15) is 43.5 Å². The van der Waals surface area contributed by atoms with E-state index in [0.29, 0.717) is 18.5 Å². The summed E-state index contributed by atoms with van der Waals surface area (Å²) >= 11 is 0. The molecule has 1 aliphatic heterocycles. The number of phenolic OH excluding ortho intramolecular Hbond substituents is 2. The number of nitrogens with zero attached hydrogens (tertiary/aromatic N) is 1. The molecule has 0 radical (unpaired) electrons. The van der Waals surface area contributed by atoms with Gasteiger partial charge < -0.3 is 15.1 Å². The molecule has 2 N–H and O–H groups in total. The quantitative estimate of drug-likeness (QED) is 0.862. The molecule has 0 unspecified atom stereocenters. The van der Waals surface area contributed by atoms with Crippen LogP contribution in [0.2, 0.25) is 0 Å². The van der Waals surface area contributed by atoms with E-state index < -0.39 is 0 Å². The predicted molar refractivity (Wildman–Crippen MR) is 73.3 cm³/mol. The van der Waals surface area contributed by atoms with Crippen molar-refractivity contribution in [3.8, 4) is 11.5 Å². The van der Waals surface area contributed by atoms with Gasteiger partial charge in [-0.15, -0.1) is 0 Å². The number of hydrogen-bond acceptors (Lipinski definition) is 3. The van der Waals surface area contributed by atoms with Crippen molar-refractivity contribution in [2.75, 3.05) is 13.1 Å². The Kier molecular flexibility index (Phi) is 3.69. The summed E-state index contributed by atoms with van der Waals surface area (Å²) in [7, 11) is 0. The van der Waals surface area contributed by atoms with Crippen LogP contribution in [0, 0.1) is 5.41 Å². The zero-order valence-corrected chi connectivity index (χ0v) is 11.5. The summed E-state index contributed by atoms with van der Waals surface area (Å²) in [6, 6.07) is 4.37. The lowest BCUT2D eigenvalue weighted by atomic mass is 9.78. The van der Waals surface area contributed by atoms with Gasteiger partial charge in [0.25, 0.3) is 5.91 Å². The van der Waals surface area contributed by atoms with Gasteiger partial charge in [0.05, 0.1) is 0 Å². The second kappa shape index (κ2) is 5.11. The van der Waals surface area contributed by atoms with Gasteiger partial charge in [-0.05, 0) is 30.4 Å². The molecule has 4 heteroatoms. The van der Waals surface area contributed by atoms with Crippen LogP contribution >= 0.6 is 0 Å². The summed E-state index contributed by atoms with van der Waals surface area (Å²) in [5.41, 5.74) is 0.319. The summed E-state index contributed by atoms with van der Waals surface area (Å²) in [4.78, 5) is 14.1. The summed E-state index contributed by atoms with van der Waals surface area (Å²) in [6.07, 6.45) is 3.03. The summed E-state index contributed by atoms with van der Waals surface area (Å²) < 4.78 is 0. The normalized spacial score (nSPS) is 18.3. The van der Waals surface area contributed by atoms with E-state index in [1.807, 2.05) is 0 Å². The average molecular weight is 263 g/mol. The molecule has 0 atom stereocenters. The molecule has 1 aliphatic rings. The fraction of sp³-hybridized carbons (Fsp3) is 0.533. The third kappa shape index (κ3) is 2.67. The van der Waals surface area contributed by atoms with Gasteiger partial charge in [-0.25, -0.2) is 0 Å². The third-order valence-electron chi connectivity index (χ3n) is 4.35. The topological polar surface area (TPSA) is 60.8 Å². The summed E-state index contributed by atoms with van der Waals surface area (Å²) in [5, 5.41) is 19.5. The average Bonchev–Trinajstić information content (AvgIpc) is 2.39. The van der Waals surface area contributed by atoms with E-state index in [9.17, 15) is 15.0 Å². The number of rotatable bonds is 2. The minimum Gasteiger partial charge on any atom is -0.507 e. The van der Waals surface area contributed by atoms with Crippen molar-refractivity contribution >= 4 is 5.91 Å². The van der Waals surface area contributed by atoms with Crippen LogP contribution in [0.3, 0.4) is 0 Å². The second-order valence-electron chi connectivity index (χ2n) is 5.63. The van der Waals surface area contributed by atoms with E-state index >= 15 is 0 Å². The maximum Gasteiger partial charge on any atom is 0.261 e. The number of likely N-dealkylation sites (tertiary alicyclic amines) is 1. The number of aromatic hydroxyl groups is 2. The first-order valence-electron chi connectivity index (χ1n) is 6.77. The first-order chi connectivity index (χ1) is 8.97. The van der Waals surface area contributed by atoms with Crippen LogP contribution in [0.4, 0.5) is 0 Å². The molecule has 1 amide bonds. The molecule has 2 rings (SSSR count). The lowest BCUT2D eigenvalue weighted by molar-refractivity contribution is 0.0594. The van der Waals surface area contributed by atoms with Crippen LogP contribution in [-0.4, -0.2) is 34.1 Å². The van der Waals surface area contributed by atoms with Crippen molar-refractivity contribution in [1.82, 2.24) is 4.90 Å². The van der Waals surface area contributed by atoms with Crippen LogP contribution < -0.4 is 0 Å². The molecule has 1 saturated heterocycles. The number of phenols is 2. The number of amides is 1. The molecule has 1 aromatic rings. The van der Waals surface area contributed by atoms with Gasteiger partial charge >= 0.3 is 0 Å². The molecular weight excluding hydrogens is 242 g/mol. The minimum atomic E-state index is -0.284. The highest BCUT2D eigenvalue weighted by Crippen LogP contribution is 2.35. The molecule has 0 aromatic heterocycles. The van der Waals surface area contributed by atoms with Crippen molar-refractivity contribution in [1.29, 1.82) is 0 Å². The van der Waals surface area contributed by atoms with Gasteiger partial charge in [0.1, 0.15) is 17.1 Å². The van der Waals surface area contributed by atoms with Crippen molar-refractivity contribution in [2.24, 2.45) is 5.41 Å². The van der Waals surface area contributed by atoms with Crippen molar-refractivity contribution in [3.63, 3.8) is 0 Å². The Balaban J connectivity index is 2.14. The highest BCUT2D eigenvalue weighted by molar-refractivity contribution is 5.99. The fourth-order valence-electron chi connectivity index (χ4n) is 2.51. The van der Waals surface area contributed by atoms with Crippen molar-refractivity contribution < 1.29 is 15.0 Å². The van der Waals surface area contributed by atoms with E-state index in [1.54, 1.807) is 4.90 Å². The SMILES string of the molecule is CCC1(C)CCN(C(=O)c2c(O)cccc2O)CC1. The van der Waals surface area contributed by atoms with E-state index in [0.717, 1.165) is 19.3 Å². The third-order valence-corrected chi connectivity index (χ3v) is 4.35. The van der Waals surface area contributed by atoms with Gasteiger partial charge in [-0.2, -0.15) is 0 Å². The largest absolute Gasteiger partial charge is 0.507 e. The predicted octanol–water partition coefficient (Wildman–Crippen LogP) is 2.75. The lowest BCUT2D eigenvalue weighted by Crippen LogP contribution is -2.42. The Morgan fingerprint density at radius 1 is 1.26 bits per heavy atom. The molecular formula is C15H21NO3. The Hall–Kier alpha value is -1.71. The van der Waals surface area contributed by atoms with Gasteiger partial charge in [0, 0.05) is 13.1 Å². The smallest absolute Gasteiger partial charge is 0.261 e. The molecule has 0 saturated carbocycles. The Morgan fingerprint density at radius 2 is 1.79 bits per heavy atom.